The number of nitrogens with two attached hydrogens (primary N) is 1. The van der Waals surface area contributed by atoms with E-state index in [9.17, 15) is 18.3 Å². The van der Waals surface area contributed by atoms with E-state index in [1.807, 2.05) is 0 Å². The third-order valence-corrected chi connectivity index (χ3v) is 6.28. The molecule has 0 saturated heterocycles. The van der Waals surface area contributed by atoms with Crippen molar-refractivity contribution in [2.24, 2.45) is 4.99 Å². The van der Waals surface area contributed by atoms with E-state index < -0.39 is 17.6 Å². The molecule has 1 fully saturated rings. The molecule has 1 aromatic carbocycles. The third-order valence-electron chi connectivity index (χ3n) is 5.19. The predicted octanol–water partition coefficient (Wildman–Crippen LogP) is 3.62. The highest BCUT2D eigenvalue weighted by molar-refractivity contribution is 7.21. The second-order valence-electron chi connectivity index (χ2n) is 7.47. The minimum Gasteiger partial charge on any atom is -0.857 e. The van der Waals surface area contributed by atoms with Gasteiger partial charge in [-0.3, -0.25) is 4.52 Å². The number of benzene rings is 1. The van der Waals surface area contributed by atoms with Crippen LogP contribution >= 0.6 is 11.3 Å². The Labute approximate surface area is 188 Å². The van der Waals surface area contributed by atoms with Gasteiger partial charge in [0.2, 0.25) is 5.27 Å². The van der Waals surface area contributed by atoms with E-state index in [1.54, 1.807) is 28.9 Å². The number of nitrogen functional groups attached to an aromatic ring is 1. The molecule has 0 aliphatic heterocycles. The molecule has 3 aromatic heterocycles. The normalized spacial score (nSPS) is 14.7. The first kappa shape index (κ1) is 21.2. The van der Waals surface area contributed by atoms with Gasteiger partial charge in [0.05, 0.1) is 28.9 Å². The summed E-state index contributed by atoms with van der Waals surface area (Å²) < 4.78 is 53.4. The van der Waals surface area contributed by atoms with Crippen LogP contribution in [-0.4, -0.2) is 23.3 Å². The molecule has 1 aliphatic carbocycles. The number of thiophene rings is 1. The molecule has 1 aliphatic rings. The van der Waals surface area contributed by atoms with Crippen LogP contribution in [0.5, 0.6) is 5.75 Å². The second-order valence-corrected chi connectivity index (χ2v) is 8.47. The largest absolute Gasteiger partial charge is 0.857 e. The van der Waals surface area contributed by atoms with Gasteiger partial charge in [0.25, 0.3) is 6.20 Å². The van der Waals surface area contributed by atoms with Crippen LogP contribution in [0.15, 0.2) is 46.0 Å². The lowest BCUT2D eigenvalue weighted by Crippen LogP contribution is -2.32. The molecule has 8 nitrogen and oxygen atoms in total. The van der Waals surface area contributed by atoms with Crippen LogP contribution in [0.3, 0.4) is 0 Å². The Balaban J connectivity index is 1.61. The summed E-state index contributed by atoms with van der Waals surface area (Å²) in [6.07, 6.45) is -1.33. The zero-order valence-electron chi connectivity index (χ0n) is 17.1. The number of hydrogen-bond acceptors (Lipinski definition) is 8. The van der Waals surface area contributed by atoms with Crippen LogP contribution in [0.4, 0.5) is 24.7 Å². The fourth-order valence-electron chi connectivity index (χ4n) is 3.37. The van der Waals surface area contributed by atoms with E-state index in [4.69, 9.17) is 15.0 Å². The number of alkyl halides is 3. The highest BCUT2D eigenvalue weighted by Gasteiger charge is 2.37. The van der Waals surface area contributed by atoms with Crippen molar-refractivity contribution >= 4 is 39.0 Å². The van der Waals surface area contributed by atoms with Gasteiger partial charge in [-0.2, -0.15) is 13.2 Å². The number of fused-ring (bicyclic) bond motifs is 1. The number of aliphatic imine (C=N–C) groups is 1. The molecule has 0 radical (unpaired) electrons. The lowest BCUT2D eigenvalue weighted by molar-refractivity contribution is -0.765. The Bertz CT molecular complexity index is 1370. The summed E-state index contributed by atoms with van der Waals surface area (Å²) in [4.78, 5) is 8.01. The van der Waals surface area contributed by atoms with Crippen LogP contribution in [0.2, 0.25) is 0 Å². The summed E-state index contributed by atoms with van der Waals surface area (Å²) in [5.74, 6) is -0.318. The first-order valence-electron chi connectivity index (χ1n) is 9.83. The molecule has 4 aromatic rings. The number of nitrogens with zero attached hydrogens (tertiary/aromatic N) is 4. The quantitative estimate of drug-likeness (QED) is 0.268. The summed E-state index contributed by atoms with van der Waals surface area (Å²) in [6.45, 7) is 0. The monoisotopic (exact) mass is 475 g/mol. The summed E-state index contributed by atoms with van der Waals surface area (Å²) in [5, 5.41) is 16.2. The summed E-state index contributed by atoms with van der Waals surface area (Å²) in [7, 11) is 1.49. The molecule has 1 saturated carbocycles. The molecule has 5 rings (SSSR count). The van der Waals surface area contributed by atoms with E-state index in [-0.39, 0.29) is 38.4 Å². The SMILES string of the molecule is COc1ccc(-c2cc(C(F)(F)F)c3c(N)c(/C([O-])=N/c4c[n+](C5CC5)no4)sc3n2)cc1. The van der Waals surface area contributed by atoms with Gasteiger partial charge < -0.3 is 15.6 Å². The lowest BCUT2D eigenvalue weighted by atomic mass is 10.1. The van der Waals surface area contributed by atoms with E-state index in [2.05, 4.69) is 15.2 Å². The first-order valence-corrected chi connectivity index (χ1v) is 10.6. The minimum atomic E-state index is -4.71. The zero-order chi connectivity index (χ0) is 23.3. The maximum Gasteiger partial charge on any atom is 0.417 e. The van der Waals surface area contributed by atoms with Crippen LogP contribution in [0.25, 0.3) is 21.5 Å². The average Bonchev–Trinajstić information content (AvgIpc) is 3.45. The Morgan fingerprint density at radius 2 is 2.03 bits per heavy atom. The van der Waals surface area contributed by atoms with Crippen LogP contribution in [-0.2, 0) is 6.18 Å². The number of halogens is 3. The third kappa shape index (κ3) is 3.97. The predicted molar refractivity (Wildman–Crippen MR) is 112 cm³/mol. The number of hydrogen-bond donors (Lipinski definition) is 1. The van der Waals surface area contributed by atoms with Gasteiger partial charge in [0.1, 0.15) is 10.6 Å². The fraction of sp³-hybridized carbons (Fsp3) is 0.238. The van der Waals surface area contributed by atoms with E-state index in [0.717, 1.165) is 30.2 Å². The Morgan fingerprint density at radius 3 is 2.67 bits per heavy atom. The van der Waals surface area contributed by atoms with Gasteiger partial charge in [-0.15, -0.1) is 11.3 Å². The van der Waals surface area contributed by atoms with Crippen molar-refractivity contribution in [1.82, 2.24) is 10.3 Å². The van der Waals surface area contributed by atoms with Crippen molar-refractivity contribution in [3.05, 3.63) is 47.0 Å². The van der Waals surface area contributed by atoms with Gasteiger partial charge >= 0.3 is 12.1 Å². The molecule has 33 heavy (non-hydrogen) atoms. The molecule has 170 valence electrons. The molecule has 0 atom stereocenters. The maximum atomic E-state index is 13.9. The van der Waals surface area contributed by atoms with Gasteiger partial charge in [-0.05, 0) is 35.0 Å². The van der Waals surface area contributed by atoms with Gasteiger partial charge in [-0.1, -0.05) is 0 Å². The maximum absolute atomic E-state index is 13.9. The summed E-state index contributed by atoms with van der Waals surface area (Å²) in [6, 6.07) is 7.59. The van der Waals surface area contributed by atoms with E-state index in [0.29, 0.717) is 11.3 Å². The zero-order valence-corrected chi connectivity index (χ0v) is 17.9. The number of pyridine rings is 1. The number of ether oxygens (including phenoxy) is 1. The average molecular weight is 475 g/mol. The summed E-state index contributed by atoms with van der Waals surface area (Å²) >= 11 is 0.750. The number of methoxy groups -OCH3 is 1. The first-order chi connectivity index (χ1) is 15.7. The van der Waals surface area contributed by atoms with Crippen LogP contribution < -0.4 is 20.3 Å². The molecule has 2 N–H and O–H groups in total. The van der Waals surface area contributed by atoms with Crippen molar-refractivity contribution < 1.29 is 32.2 Å². The van der Waals surface area contributed by atoms with E-state index >= 15 is 0 Å². The molecular formula is C21H16F3N5O3S. The minimum absolute atomic E-state index is 0.0164. The molecule has 0 amide bonds. The van der Waals surface area contributed by atoms with Gasteiger partial charge in [-0.25, -0.2) is 9.98 Å². The fourth-order valence-corrected chi connectivity index (χ4v) is 4.38. The van der Waals surface area contributed by atoms with E-state index in [1.165, 1.54) is 13.3 Å². The van der Waals surface area contributed by atoms with Crippen molar-refractivity contribution in [3.8, 4) is 17.0 Å². The van der Waals surface area contributed by atoms with Gasteiger partial charge in [0.15, 0.2) is 6.04 Å². The second kappa shape index (κ2) is 7.73. The Morgan fingerprint density at radius 1 is 1.30 bits per heavy atom. The molecule has 12 heteroatoms. The van der Waals surface area contributed by atoms with Crippen molar-refractivity contribution in [2.45, 2.75) is 25.1 Å². The highest BCUT2D eigenvalue weighted by atomic mass is 32.1. The Kier molecular flexibility index (Phi) is 4.96. The van der Waals surface area contributed by atoms with Crippen LogP contribution in [0, 0.1) is 0 Å². The molecule has 0 spiro atoms. The lowest BCUT2D eigenvalue weighted by Gasteiger charge is -2.12. The van der Waals surface area contributed by atoms with Crippen molar-refractivity contribution in [1.29, 1.82) is 0 Å². The smallest absolute Gasteiger partial charge is 0.417 e. The van der Waals surface area contributed by atoms with Gasteiger partial charge in [0, 0.05) is 29.7 Å². The number of aromatic nitrogens is 3. The highest BCUT2D eigenvalue weighted by Crippen LogP contribution is 2.43. The van der Waals surface area contributed by atoms with Crippen LogP contribution in [0.1, 0.15) is 29.3 Å². The number of anilines is 1. The molecule has 0 bridgehead atoms. The standard InChI is InChI=1S/C21H16F3N5O3S/c1-31-12-6-2-10(3-7-12)14-8-13(21(22,23)24)16-17(25)18(33-20(16)26-14)19(30)27-15-9-29(28-32-15)11-4-5-11/h2-3,6-9,11H,4-5H2,1H3,(H2-,25,27,28,30). The number of rotatable bonds is 5. The molecule has 0 unspecified atom stereocenters. The van der Waals surface area contributed by atoms with Crippen molar-refractivity contribution in [2.75, 3.05) is 12.8 Å². The summed E-state index contributed by atoms with van der Waals surface area (Å²) in [5.41, 5.74) is 5.26. The van der Waals surface area contributed by atoms with Crippen molar-refractivity contribution in [3.63, 3.8) is 0 Å². The molecular weight excluding hydrogens is 459 g/mol. The topological polar surface area (TPSA) is 113 Å². The Hall–Kier alpha value is -3.67. The molecule has 3 heterocycles.